The highest BCUT2D eigenvalue weighted by molar-refractivity contribution is 5.98. The van der Waals surface area contributed by atoms with Crippen LogP contribution in [0.15, 0.2) is 30.5 Å². The van der Waals surface area contributed by atoms with Crippen LogP contribution in [-0.2, 0) is 0 Å². The van der Waals surface area contributed by atoms with Crippen LogP contribution in [0, 0.1) is 17.1 Å². The molecule has 0 bridgehead atoms. The van der Waals surface area contributed by atoms with Gasteiger partial charge in [0.05, 0.1) is 34.8 Å². The lowest BCUT2D eigenvalue weighted by Gasteiger charge is -2.09. The number of carbonyl (C=O) groups excluding carboxylic acids is 1. The summed E-state index contributed by atoms with van der Waals surface area (Å²) in [5.74, 6) is -1.09. The summed E-state index contributed by atoms with van der Waals surface area (Å²) in [6.07, 6.45) is 1.25. The summed E-state index contributed by atoms with van der Waals surface area (Å²) in [5, 5.41) is 11.3. The predicted octanol–water partition coefficient (Wildman–Crippen LogP) is 1.52. The zero-order valence-electron chi connectivity index (χ0n) is 10.2. The first-order chi connectivity index (χ1) is 9.51. The van der Waals surface area contributed by atoms with Gasteiger partial charge in [0.15, 0.2) is 0 Å². The van der Waals surface area contributed by atoms with Crippen LogP contribution < -0.4 is 16.8 Å². The summed E-state index contributed by atoms with van der Waals surface area (Å²) in [5.41, 5.74) is 11.3. The van der Waals surface area contributed by atoms with Gasteiger partial charge >= 0.3 is 0 Å². The number of nitrogen functional groups attached to an aromatic ring is 1. The van der Waals surface area contributed by atoms with Gasteiger partial charge in [0.1, 0.15) is 11.6 Å². The molecule has 6 nitrogen and oxygen atoms in total. The molecule has 2 rings (SSSR count). The molecule has 0 saturated carbocycles. The first-order valence-electron chi connectivity index (χ1n) is 5.53. The molecule has 100 valence electrons. The Morgan fingerprint density at radius 1 is 1.40 bits per heavy atom. The van der Waals surface area contributed by atoms with Gasteiger partial charge in [-0.05, 0) is 24.3 Å². The van der Waals surface area contributed by atoms with E-state index in [0.717, 1.165) is 6.07 Å². The largest absolute Gasteiger partial charge is 0.397 e. The molecule has 0 saturated heterocycles. The predicted molar refractivity (Wildman–Crippen MR) is 71.6 cm³/mol. The summed E-state index contributed by atoms with van der Waals surface area (Å²) >= 11 is 0. The number of nitrogens with two attached hydrogens (primary N) is 2. The van der Waals surface area contributed by atoms with Crippen molar-refractivity contribution in [1.82, 2.24) is 4.98 Å². The van der Waals surface area contributed by atoms with E-state index in [1.807, 2.05) is 6.07 Å². The van der Waals surface area contributed by atoms with Gasteiger partial charge in [-0.25, -0.2) is 9.37 Å². The van der Waals surface area contributed by atoms with Crippen molar-refractivity contribution in [1.29, 1.82) is 5.26 Å². The van der Waals surface area contributed by atoms with Gasteiger partial charge in [0, 0.05) is 0 Å². The summed E-state index contributed by atoms with van der Waals surface area (Å²) in [7, 11) is 0. The lowest BCUT2D eigenvalue weighted by atomic mass is 10.2. The summed E-state index contributed by atoms with van der Waals surface area (Å²) in [4.78, 5) is 15.1. The van der Waals surface area contributed by atoms with Crippen molar-refractivity contribution in [3.8, 4) is 6.07 Å². The molecule has 5 N–H and O–H groups in total. The van der Waals surface area contributed by atoms with E-state index in [1.54, 1.807) is 0 Å². The van der Waals surface area contributed by atoms with Gasteiger partial charge in [0.25, 0.3) is 5.91 Å². The van der Waals surface area contributed by atoms with Crippen LogP contribution in [0.4, 0.5) is 21.6 Å². The minimum absolute atomic E-state index is 0.0940. The molecule has 1 aromatic carbocycles. The molecule has 0 fully saturated rings. The number of rotatable bonds is 3. The number of anilines is 3. The number of benzene rings is 1. The Morgan fingerprint density at radius 2 is 2.15 bits per heavy atom. The van der Waals surface area contributed by atoms with E-state index in [4.69, 9.17) is 16.7 Å². The molecular formula is C13H10FN5O. The third-order valence-electron chi connectivity index (χ3n) is 2.56. The Labute approximate surface area is 113 Å². The van der Waals surface area contributed by atoms with Crippen LogP contribution >= 0.6 is 0 Å². The quantitative estimate of drug-likeness (QED) is 0.782. The number of carbonyl (C=O) groups is 1. The minimum atomic E-state index is -0.701. The standard InChI is InChI=1S/C13H10FN5O/c14-9-3-7(5-15)1-2-11(9)19-12-4-8(13(17)20)10(16)6-18-12/h1-4,6H,16H2,(H2,17,20)(H,18,19). The fourth-order valence-corrected chi connectivity index (χ4v) is 1.57. The number of nitrogens with one attached hydrogen (secondary N) is 1. The first kappa shape index (κ1) is 13.3. The maximum absolute atomic E-state index is 13.7. The number of halogens is 1. The number of amides is 1. The van der Waals surface area contributed by atoms with Crippen LogP contribution in [0.2, 0.25) is 0 Å². The smallest absolute Gasteiger partial charge is 0.250 e. The van der Waals surface area contributed by atoms with Crippen LogP contribution in [0.25, 0.3) is 0 Å². The maximum Gasteiger partial charge on any atom is 0.250 e. The summed E-state index contributed by atoms with van der Waals surface area (Å²) in [6.45, 7) is 0. The highest BCUT2D eigenvalue weighted by Crippen LogP contribution is 2.21. The van der Waals surface area contributed by atoms with Crippen molar-refractivity contribution >= 4 is 23.1 Å². The fraction of sp³-hybridized carbons (Fsp3) is 0. The Hall–Kier alpha value is -3.14. The van der Waals surface area contributed by atoms with Gasteiger partial charge in [-0.15, -0.1) is 0 Å². The lowest BCUT2D eigenvalue weighted by Crippen LogP contribution is -2.14. The van der Waals surface area contributed by atoms with E-state index in [-0.39, 0.29) is 28.3 Å². The normalized spacial score (nSPS) is 9.80. The van der Waals surface area contributed by atoms with E-state index in [9.17, 15) is 9.18 Å². The third kappa shape index (κ3) is 2.64. The van der Waals surface area contributed by atoms with Crippen LogP contribution in [0.5, 0.6) is 0 Å². The first-order valence-corrected chi connectivity index (χ1v) is 5.53. The number of nitriles is 1. The highest BCUT2D eigenvalue weighted by Gasteiger charge is 2.10. The van der Waals surface area contributed by atoms with Gasteiger partial charge in [-0.3, -0.25) is 4.79 Å². The third-order valence-corrected chi connectivity index (χ3v) is 2.56. The molecule has 1 heterocycles. The number of hydrogen-bond acceptors (Lipinski definition) is 5. The minimum Gasteiger partial charge on any atom is -0.397 e. The van der Waals surface area contributed by atoms with Crippen molar-refractivity contribution in [2.75, 3.05) is 11.1 Å². The zero-order valence-corrected chi connectivity index (χ0v) is 10.2. The van der Waals surface area contributed by atoms with Crippen molar-refractivity contribution in [3.63, 3.8) is 0 Å². The number of aromatic nitrogens is 1. The molecule has 2 aromatic rings. The molecule has 1 aromatic heterocycles. The lowest BCUT2D eigenvalue weighted by molar-refractivity contribution is 0.100. The molecule has 0 radical (unpaired) electrons. The van der Waals surface area contributed by atoms with E-state index in [0.29, 0.717) is 0 Å². The fourth-order valence-electron chi connectivity index (χ4n) is 1.57. The van der Waals surface area contributed by atoms with E-state index < -0.39 is 11.7 Å². The zero-order chi connectivity index (χ0) is 14.7. The average Bonchev–Trinajstić information content (AvgIpc) is 2.42. The molecule has 7 heteroatoms. The Bertz CT molecular complexity index is 723. The van der Waals surface area contributed by atoms with Crippen molar-refractivity contribution in [2.24, 2.45) is 5.73 Å². The number of pyridine rings is 1. The maximum atomic E-state index is 13.7. The number of primary amides is 1. The molecule has 0 spiro atoms. The van der Waals surface area contributed by atoms with E-state index in [1.165, 1.54) is 24.4 Å². The van der Waals surface area contributed by atoms with Crippen LogP contribution in [-0.4, -0.2) is 10.9 Å². The molecule has 0 unspecified atom stereocenters. The van der Waals surface area contributed by atoms with Crippen LogP contribution in [0.3, 0.4) is 0 Å². The highest BCUT2D eigenvalue weighted by atomic mass is 19.1. The molecule has 1 amide bonds. The van der Waals surface area contributed by atoms with Crippen LogP contribution in [0.1, 0.15) is 15.9 Å². The second-order valence-corrected chi connectivity index (χ2v) is 3.95. The van der Waals surface area contributed by atoms with E-state index in [2.05, 4.69) is 10.3 Å². The number of nitrogens with zero attached hydrogens (tertiary/aromatic N) is 2. The molecule has 0 aliphatic carbocycles. The van der Waals surface area contributed by atoms with Gasteiger partial charge in [-0.1, -0.05) is 0 Å². The molecule has 20 heavy (non-hydrogen) atoms. The topological polar surface area (TPSA) is 118 Å². The van der Waals surface area contributed by atoms with Crippen molar-refractivity contribution in [3.05, 3.63) is 47.4 Å². The van der Waals surface area contributed by atoms with Gasteiger partial charge < -0.3 is 16.8 Å². The average molecular weight is 271 g/mol. The van der Waals surface area contributed by atoms with Gasteiger partial charge in [0.2, 0.25) is 0 Å². The summed E-state index contributed by atoms with van der Waals surface area (Å²) in [6, 6.07) is 7.10. The Kier molecular flexibility index (Phi) is 3.48. The summed E-state index contributed by atoms with van der Waals surface area (Å²) < 4.78 is 13.7. The molecule has 0 aliphatic heterocycles. The monoisotopic (exact) mass is 271 g/mol. The van der Waals surface area contributed by atoms with Crippen molar-refractivity contribution in [2.45, 2.75) is 0 Å². The second kappa shape index (κ2) is 5.24. The van der Waals surface area contributed by atoms with Crippen molar-refractivity contribution < 1.29 is 9.18 Å². The number of hydrogen-bond donors (Lipinski definition) is 3. The molecular weight excluding hydrogens is 261 g/mol. The Morgan fingerprint density at radius 3 is 2.75 bits per heavy atom. The SMILES string of the molecule is N#Cc1ccc(Nc2cc(C(N)=O)c(N)cn2)c(F)c1. The molecule has 0 atom stereocenters. The molecule has 0 aliphatic rings. The second-order valence-electron chi connectivity index (χ2n) is 3.95. The van der Waals surface area contributed by atoms with Gasteiger partial charge in [-0.2, -0.15) is 5.26 Å². The van der Waals surface area contributed by atoms with E-state index >= 15 is 0 Å². The Balaban J connectivity index is 2.33.